The van der Waals surface area contributed by atoms with Crippen LogP contribution in [0.2, 0.25) is 0 Å². The van der Waals surface area contributed by atoms with Crippen molar-refractivity contribution < 1.29 is 0 Å². The molecule has 0 saturated carbocycles. The molecular weight excluding hydrogens is 440 g/mol. The molecular formula is C12H9Br3N4. The van der Waals surface area contributed by atoms with E-state index in [1.807, 2.05) is 18.2 Å². The number of anilines is 1. The topological polar surface area (TPSA) is 67.6 Å². The van der Waals surface area contributed by atoms with Gasteiger partial charge in [0.1, 0.15) is 17.5 Å². The number of rotatable bonds is 3. The predicted molar refractivity (Wildman–Crippen MR) is 84.6 cm³/mol. The molecule has 0 bridgehead atoms. The molecule has 0 unspecified atom stereocenters. The van der Waals surface area contributed by atoms with Crippen molar-refractivity contribution in [3.05, 3.63) is 42.9 Å². The first kappa shape index (κ1) is 14.6. The summed E-state index contributed by atoms with van der Waals surface area (Å²) in [4.78, 5) is 0. The van der Waals surface area contributed by atoms with Gasteiger partial charge < -0.3 is 5.73 Å². The van der Waals surface area contributed by atoms with E-state index in [4.69, 9.17) is 11.0 Å². The molecule has 4 nitrogen and oxygen atoms in total. The molecule has 2 aromatic rings. The van der Waals surface area contributed by atoms with E-state index in [0.29, 0.717) is 17.9 Å². The Labute approximate surface area is 136 Å². The zero-order valence-corrected chi connectivity index (χ0v) is 14.5. The van der Waals surface area contributed by atoms with Crippen molar-refractivity contribution in [3.63, 3.8) is 0 Å². The van der Waals surface area contributed by atoms with Crippen molar-refractivity contribution in [1.82, 2.24) is 9.78 Å². The third-order valence-corrected chi connectivity index (χ3v) is 5.27. The molecule has 98 valence electrons. The Bertz CT molecular complexity index is 658. The molecule has 0 aliphatic rings. The first-order valence-electron chi connectivity index (χ1n) is 5.37. The van der Waals surface area contributed by atoms with Gasteiger partial charge in [0.2, 0.25) is 0 Å². The quantitative estimate of drug-likeness (QED) is 0.725. The van der Waals surface area contributed by atoms with E-state index in [9.17, 15) is 0 Å². The van der Waals surface area contributed by atoms with E-state index < -0.39 is 0 Å². The van der Waals surface area contributed by atoms with Crippen LogP contribution in [-0.4, -0.2) is 9.78 Å². The summed E-state index contributed by atoms with van der Waals surface area (Å²) in [7, 11) is 0. The number of halogens is 3. The molecule has 0 aliphatic heterocycles. The Morgan fingerprint density at radius 1 is 1.21 bits per heavy atom. The van der Waals surface area contributed by atoms with Gasteiger partial charge in [-0.25, -0.2) is 4.68 Å². The fourth-order valence-electron chi connectivity index (χ4n) is 1.64. The van der Waals surface area contributed by atoms with Crippen LogP contribution in [0.15, 0.2) is 31.7 Å². The van der Waals surface area contributed by atoms with Gasteiger partial charge in [-0.05, 0) is 56.0 Å². The number of hydrogen-bond donors (Lipinski definition) is 1. The van der Waals surface area contributed by atoms with Crippen molar-refractivity contribution in [1.29, 1.82) is 5.26 Å². The van der Waals surface area contributed by atoms with Gasteiger partial charge in [-0.1, -0.05) is 15.9 Å². The Morgan fingerprint density at radius 3 is 2.53 bits per heavy atom. The van der Waals surface area contributed by atoms with Crippen LogP contribution in [0.3, 0.4) is 0 Å². The standard InChI is InChI=1S/C12H9Br3N4/c13-9-4-11(15)10(14)3-7(9)1-2-19-12(17)8(5-16)6-18-19/h3-4,6H,1-2,17H2. The lowest BCUT2D eigenvalue weighted by atomic mass is 10.1. The minimum atomic E-state index is 0.412. The Kier molecular flexibility index (Phi) is 4.66. The number of nitrogen functional groups attached to an aromatic ring is 1. The molecule has 0 radical (unpaired) electrons. The number of nitriles is 1. The molecule has 0 fully saturated rings. The molecule has 1 heterocycles. The highest BCUT2D eigenvalue weighted by Gasteiger charge is 2.09. The van der Waals surface area contributed by atoms with Gasteiger partial charge in [-0.3, -0.25) is 0 Å². The van der Waals surface area contributed by atoms with Gasteiger partial charge in [0.05, 0.1) is 6.20 Å². The first-order chi connectivity index (χ1) is 9.02. The summed E-state index contributed by atoms with van der Waals surface area (Å²) < 4.78 is 4.65. The third kappa shape index (κ3) is 3.19. The predicted octanol–water partition coefficient (Wildman–Crippen LogP) is 3.87. The van der Waals surface area contributed by atoms with Crippen molar-refractivity contribution >= 4 is 53.6 Å². The van der Waals surface area contributed by atoms with Crippen LogP contribution >= 0.6 is 47.8 Å². The van der Waals surface area contributed by atoms with Crippen LogP contribution < -0.4 is 5.73 Å². The highest BCUT2D eigenvalue weighted by atomic mass is 79.9. The van der Waals surface area contributed by atoms with Crippen LogP contribution in [-0.2, 0) is 13.0 Å². The third-order valence-electron chi connectivity index (χ3n) is 2.68. The molecule has 2 N–H and O–H groups in total. The fraction of sp³-hybridized carbons (Fsp3) is 0.167. The zero-order valence-electron chi connectivity index (χ0n) is 9.70. The van der Waals surface area contributed by atoms with Crippen LogP contribution in [0.4, 0.5) is 5.82 Å². The molecule has 0 amide bonds. The summed E-state index contributed by atoms with van der Waals surface area (Å²) >= 11 is 10.5. The smallest absolute Gasteiger partial charge is 0.139 e. The summed E-state index contributed by atoms with van der Waals surface area (Å²) in [5.41, 5.74) is 7.37. The molecule has 19 heavy (non-hydrogen) atoms. The number of benzene rings is 1. The van der Waals surface area contributed by atoms with E-state index in [-0.39, 0.29) is 0 Å². The number of nitrogens with zero attached hydrogens (tertiary/aromatic N) is 3. The normalized spacial score (nSPS) is 10.4. The lowest BCUT2D eigenvalue weighted by Crippen LogP contribution is -2.07. The lowest BCUT2D eigenvalue weighted by molar-refractivity contribution is 0.622. The average molecular weight is 449 g/mol. The molecule has 1 aromatic heterocycles. The number of nitrogens with two attached hydrogens (primary N) is 1. The van der Waals surface area contributed by atoms with Gasteiger partial charge in [-0.15, -0.1) is 0 Å². The number of aromatic nitrogens is 2. The molecule has 2 rings (SSSR count). The van der Waals surface area contributed by atoms with Gasteiger partial charge in [-0.2, -0.15) is 10.4 Å². The summed E-state index contributed by atoms with van der Waals surface area (Å²) in [5.74, 6) is 0.412. The minimum absolute atomic E-state index is 0.412. The molecule has 0 atom stereocenters. The Morgan fingerprint density at radius 2 is 1.89 bits per heavy atom. The molecule has 1 aromatic carbocycles. The second kappa shape index (κ2) is 6.07. The van der Waals surface area contributed by atoms with E-state index >= 15 is 0 Å². The fourth-order valence-corrected chi connectivity index (χ4v) is 3.22. The molecule has 0 spiro atoms. The maximum Gasteiger partial charge on any atom is 0.139 e. The zero-order chi connectivity index (χ0) is 14.0. The van der Waals surface area contributed by atoms with E-state index in [2.05, 4.69) is 52.9 Å². The van der Waals surface area contributed by atoms with E-state index in [0.717, 1.165) is 25.4 Å². The van der Waals surface area contributed by atoms with Crippen molar-refractivity contribution in [2.24, 2.45) is 0 Å². The van der Waals surface area contributed by atoms with Gasteiger partial charge in [0.25, 0.3) is 0 Å². The monoisotopic (exact) mass is 446 g/mol. The maximum absolute atomic E-state index is 8.83. The van der Waals surface area contributed by atoms with Crippen molar-refractivity contribution in [2.45, 2.75) is 13.0 Å². The highest BCUT2D eigenvalue weighted by Crippen LogP contribution is 2.30. The Balaban J connectivity index is 2.17. The SMILES string of the molecule is N#Cc1cnn(CCc2cc(Br)c(Br)cc2Br)c1N. The summed E-state index contributed by atoms with van der Waals surface area (Å²) in [6, 6.07) is 6.04. The number of aryl methyl sites for hydroxylation is 2. The van der Waals surface area contributed by atoms with E-state index in [1.54, 1.807) is 4.68 Å². The minimum Gasteiger partial charge on any atom is -0.383 e. The second-order valence-corrected chi connectivity index (χ2v) is 6.45. The van der Waals surface area contributed by atoms with Gasteiger partial charge in [0, 0.05) is 20.0 Å². The second-order valence-electron chi connectivity index (χ2n) is 3.89. The molecule has 0 aliphatic carbocycles. The van der Waals surface area contributed by atoms with Crippen molar-refractivity contribution in [2.75, 3.05) is 5.73 Å². The average Bonchev–Trinajstić information content (AvgIpc) is 2.73. The summed E-state index contributed by atoms with van der Waals surface area (Å²) in [6.07, 6.45) is 2.26. The van der Waals surface area contributed by atoms with Crippen molar-refractivity contribution in [3.8, 4) is 6.07 Å². The maximum atomic E-state index is 8.83. The Hall–Kier alpha value is -0.840. The highest BCUT2D eigenvalue weighted by molar-refractivity contribution is 9.13. The van der Waals surface area contributed by atoms with Crippen LogP contribution in [0.5, 0.6) is 0 Å². The van der Waals surface area contributed by atoms with Crippen LogP contribution in [0.1, 0.15) is 11.1 Å². The van der Waals surface area contributed by atoms with E-state index in [1.165, 1.54) is 6.20 Å². The lowest BCUT2D eigenvalue weighted by Gasteiger charge is -2.08. The van der Waals surface area contributed by atoms with Crippen LogP contribution in [0, 0.1) is 11.3 Å². The van der Waals surface area contributed by atoms with Gasteiger partial charge in [0.15, 0.2) is 0 Å². The number of hydrogen-bond acceptors (Lipinski definition) is 3. The molecule has 0 saturated heterocycles. The first-order valence-corrected chi connectivity index (χ1v) is 7.75. The van der Waals surface area contributed by atoms with Crippen LogP contribution in [0.25, 0.3) is 0 Å². The summed E-state index contributed by atoms with van der Waals surface area (Å²) in [6.45, 7) is 0.625. The molecule has 7 heteroatoms. The summed E-state index contributed by atoms with van der Waals surface area (Å²) in [5, 5.41) is 12.9. The van der Waals surface area contributed by atoms with Gasteiger partial charge >= 0.3 is 0 Å². The largest absolute Gasteiger partial charge is 0.383 e.